The number of carbonyl (C=O) groups excluding carboxylic acids is 2. The van der Waals surface area contributed by atoms with E-state index in [1.165, 1.54) is 11.4 Å². The van der Waals surface area contributed by atoms with Crippen molar-refractivity contribution in [2.45, 2.75) is 13.1 Å². The molecule has 0 aromatic heterocycles. The van der Waals surface area contributed by atoms with Crippen molar-refractivity contribution in [1.82, 2.24) is 5.32 Å². The molecule has 0 aromatic rings. The fraction of sp³-hybridized carbons (Fsp3) is 0.500. The lowest BCUT2D eigenvalue weighted by atomic mass is 10.5. The van der Waals surface area contributed by atoms with Crippen molar-refractivity contribution < 1.29 is 27.5 Å². The second-order valence-corrected chi connectivity index (χ2v) is 2.43. The van der Waals surface area contributed by atoms with Gasteiger partial charge in [0.2, 0.25) is 0 Å². The van der Waals surface area contributed by atoms with Gasteiger partial charge in [0.05, 0.1) is 0 Å². The van der Waals surface area contributed by atoms with E-state index >= 15 is 0 Å². The molecule has 0 heterocycles. The third-order valence-electron chi connectivity index (χ3n) is 1.23. The summed E-state index contributed by atoms with van der Waals surface area (Å²) in [7, 11) is 0. The van der Waals surface area contributed by atoms with Gasteiger partial charge in [-0.2, -0.15) is 13.2 Å². The summed E-state index contributed by atoms with van der Waals surface area (Å²) in [5, 5.41) is 1.39. The van der Waals surface area contributed by atoms with Gasteiger partial charge in [0.25, 0.3) is 0 Å². The number of alkyl halides is 3. The summed E-state index contributed by atoms with van der Waals surface area (Å²) in [4.78, 5) is 21.0. The highest BCUT2D eigenvalue weighted by molar-refractivity contribution is 5.85. The molecule has 1 N–H and O–H groups in total. The molecule has 86 valence electrons. The first kappa shape index (κ1) is 13.5. The molecule has 0 aromatic carbocycles. The van der Waals surface area contributed by atoms with Crippen molar-refractivity contribution in [3.63, 3.8) is 0 Å². The van der Waals surface area contributed by atoms with Crippen LogP contribution < -0.4 is 5.32 Å². The van der Waals surface area contributed by atoms with Gasteiger partial charge in [-0.3, -0.25) is 9.59 Å². The van der Waals surface area contributed by atoms with E-state index in [1.54, 1.807) is 13.0 Å². The average molecular weight is 225 g/mol. The largest absolute Gasteiger partial charge is 0.471 e. The second kappa shape index (κ2) is 6.05. The molecule has 7 heteroatoms. The van der Waals surface area contributed by atoms with Gasteiger partial charge < -0.3 is 10.1 Å². The summed E-state index contributed by atoms with van der Waals surface area (Å²) in [5.41, 5.74) is 0. The van der Waals surface area contributed by atoms with Crippen LogP contribution in [0.1, 0.15) is 6.92 Å². The highest BCUT2D eigenvalue weighted by Gasteiger charge is 2.38. The lowest BCUT2D eigenvalue weighted by molar-refractivity contribution is -0.174. The molecule has 0 fully saturated rings. The zero-order valence-electron chi connectivity index (χ0n) is 7.93. The van der Waals surface area contributed by atoms with Gasteiger partial charge >= 0.3 is 18.1 Å². The normalized spacial score (nSPS) is 11.5. The zero-order chi connectivity index (χ0) is 11.9. The Morgan fingerprint density at radius 3 is 2.47 bits per heavy atom. The maximum atomic E-state index is 11.6. The van der Waals surface area contributed by atoms with E-state index in [0.717, 1.165) is 0 Å². The number of ether oxygens (including phenoxy) is 1. The number of amides is 1. The summed E-state index contributed by atoms with van der Waals surface area (Å²) in [5.74, 6) is -3.09. The van der Waals surface area contributed by atoms with E-state index in [0.29, 0.717) is 0 Å². The SMILES string of the molecule is C/C=C/COC(=O)CNC(=O)C(F)(F)F. The highest BCUT2D eigenvalue weighted by Crippen LogP contribution is 2.13. The maximum absolute atomic E-state index is 11.6. The summed E-state index contributed by atoms with van der Waals surface area (Å²) in [6, 6.07) is 0. The van der Waals surface area contributed by atoms with Crippen LogP contribution in [0.5, 0.6) is 0 Å². The van der Waals surface area contributed by atoms with Gasteiger partial charge in [-0.1, -0.05) is 12.2 Å². The van der Waals surface area contributed by atoms with Crippen LogP contribution in [-0.4, -0.2) is 31.2 Å². The van der Waals surface area contributed by atoms with Crippen molar-refractivity contribution in [3.8, 4) is 0 Å². The summed E-state index contributed by atoms with van der Waals surface area (Å²) >= 11 is 0. The van der Waals surface area contributed by atoms with Crippen molar-refractivity contribution in [1.29, 1.82) is 0 Å². The van der Waals surface area contributed by atoms with Crippen molar-refractivity contribution in [2.75, 3.05) is 13.2 Å². The van der Waals surface area contributed by atoms with Gasteiger partial charge in [-0.25, -0.2) is 0 Å². The Labute approximate surface area is 84.1 Å². The first-order valence-corrected chi connectivity index (χ1v) is 3.99. The third kappa shape index (κ3) is 6.53. The van der Waals surface area contributed by atoms with E-state index in [1.807, 2.05) is 0 Å². The quantitative estimate of drug-likeness (QED) is 0.568. The number of hydrogen-bond donors (Lipinski definition) is 1. The summed E-state index contributed by atoms with van der Waals surface area (Å²) in [6.45, 7) is 0.867. The van der Waals surface area contributed by atoms with Crippen LogP contribution in [-0.2, 0) is 14.3 Å². The molecule has 0 aliphatic heterocycles. The summed E-state index contributed by atoms with van der Waals surface area (Å²) < 4.78 is 39.3. The van der Waals surface area contributed by atoms with E-state index < -0.39 is 24.6 Å². The van der Waals surface area contributed by atoms with Crippen molar-refractivity contribution in [3.05, 3.63) is 12.2 Å². The Morgan fingerprint density at radius 2 is 2.00 bits per heavy atom. The van der Waals surface area contributed by atoms with Gasteiger partial charge in [0.15, 0.2) is 0 Å². The third-order valence-corrected chi connectivity index (χ3v) is 1.23. The Kier molecular flexibility index (Phi) is 5.43. The molecule has 0 aliphatic rings. The molecule has 0 saturated carbocycles. The molecule has 0 radical (unpaired) electrons. The molecule has 0 rings (SSSR count). The van der Waals surface area contributed by atoms with E-state index in [4.69, 9.17) is 0 Å². The van der Waals surface area contributed by atoms with Crippen LogP contribution >= 0.6 is 0 Å². The minimum Gasteiger partial charge on any atom is -0.460 e. The molecule has 1 amide bonds. The smallest absolute Gasteiger partial charge is 0.460 e. The molecule has 0 bridgehead atoms. The monoisotopic (exact) mass is 225 g/mol. The fourth-order valence-corrected chi connectivity index (χ4v) is 0.541. The van der Waals surface area contributed by atoms with Crippen LogP contribution in [0.25, 0.3) is 0 Å². The molecule has 0 spiro atoms. The Hall–Kier alpha value is -1.53. The first-order valence-electron chi connectivity index (χ1n) is 3.99. The van der Waals surface area contributed by atoms with Crippen LogP contribution in [0.2, 0.25) is 0 Å². The predicted octanol–water partition coefficient (Wildman–Crippen LogP) is 0.784. The van der Waals surface area contributed by atoms with E-state index in [-0.39, 0.29) is 6.61 Å². The van der Waals surface area contributed by atoms with Crippen LogP contribution in [0.15, 0.2) is 12.2 Å². The van der Waals surface area contributed by atoms with Crippen LogP contribution in [0, 0.1) is 0 Å². The number of rotatable bonds is 4. The fourth-order valence-electron chi connectivity index (χ4n) is 0.541. The lowest BCUT2D eigenvalue weighted by Gasteiger charge is -2.06. The number of nitrogens with one attached hydrogen (secondary N) is 1. The zero-order valence-corrected chi connectivity index (χ0v) is 7.93. The van der Waals surface area contributed by atoms with Gasteiger partial charge in [0, 0.05) is 0 Å². The number of hydrogen-bond acceptors (Lipinski definition) is 3. The maximum Gasteiger partial charge on any atom is 0.471 e. The Bertz CT molecular complexity index is 260. The van der Waals surface area contributed by atoms with Gasteiger partial charge in [-0.15, -0.1) is 0 Å². The molecule has 0 unspecified atom stereocenters. The van der Waals surface area contributed by atoms with Crippen LogP contribution in [0.3, 0.4) is 0 Å². The summed E-state index contributed by atoms with van der Waals surface area (Å²) in [6.07, 6.45) is -1.87. The van der Waals surface area contributed by atoms with E-state index in [9.17, 15) is 22.8 Å². The minimum absolute atomic E-state index is 0.0305. The lowest BCUT2D eigenvalue weighted by Crippen LogP contribution is -2.40. The standard InChI is InChI=1S/C8H10F3NO3/c1-2-3-4-15-6(13)5-12-7(14)8(9,10)11/h2-3H,4-5H2,1H3,(H,12,14)/b3-2+. The molecule has 4 nitrogen and oxygen atoms in total. The first-order chi connectivity index (χ1) is 6.88. The van der Waals surface area contributed by atoms with E-state index in [2.05, 4.69) is 4.74 Å². The van der Waals surface area contributed by atoms with Crippen molar-refractivity contribution in [2.24, 2.45) is 0 Å². The van der Waals surface area contributed by atoms with Crippen molar-refractivity contribution >= 4 is 11.9 Å². The molecule has 0 aliphatic carbocycles. The Balaban J connectivity index is 3.77. The van der Waals surface area contributed by atoms with Gasteiger partial charge in [-0.05, 0) is 6.92 Å². The number of esters is 1. The number of allylic oxidation sites excluding steroid dienone is 1. The minimum atomic E-state index is -4.98. The topological polar surface area (TPSA) is 55.4 Å². The van der Waals surface area contributed by atoms with Crippen LogP contribution in [0.4, 0.5) is 13.2 Å². The molecule has 0 atom stereocenters. The molecular weight excluding hydrogens is 215 g/mol. The molecular formula is C8H10F3NO3. The number of carbonyl (C=O) groups is 2. The highest BCUT2D eigenvalue weighted by atomic mass is 19.4. The molecule has 0 saturated heterocycles. The van der Waals surface area contributed by atoms with Gasteiger partial charge in [0.1, 0.15) is 13.2 Å². The predicted molar refractivity (Wildman–Crippen MR) is 44.8 cm³/mol. The molecule has 15 heavy (non-hydrogen) atoms. The Morgan fingerprint density at radius 1 is 1.40 bits per heavy atom. The average Bonchev–Trinajstić information content (AvgIpc) is 2.13. The number of halogens is 3. The second-order valence-electron chi connectivity index (χ2n) is 2.43.